The van der Waals surface area contributed by atoms with Crippen LogP contribution in [0, 0.1) is 0 Å². The molecule has 0 spiro atoms. The molecule has 1 aliphatic heterocycles. The summed E-state index contributed by atoms with van der Waals surface area (Å²) < 4.78 is 15.7. The van der Waals surface area contributed by atoms with E-state index in [0.29, 0.717) is 12.3 Å². The molecule has 15 heavy (non-hydrogen) atoms. The summed E-state index contributed by atoms with van der Waals surface area (Å²) in [5.74, 6) is 1.44. The number of ether oxygens (including phenoxy) is 3. The first-order valence-corrected chi connectivity index (χ1v) is 4.71. The van der Waals surface area contributed by atoms with Gasteiger partial charge in [-0.2, -0.15) is 0 Å². The number of hydrogen-bond acceptors (Lipinski definition) is 4. The summed E-state index contributed by atoms with van der Waals surface area (Å²) in [6.07, 6.45) is 1.49. The van der Waals surface area contributed by atoms with Crippen molar-refractivity contribution in [3.05, 3.63) is 23.8 Å². The molecule has 0 aliphatic carbocycles. The van der Waals surface area contributed by atoms with E-state index in [1.165, 1.54) is 6.40 Å². The van der Waals surface area contributed by atoms with Crippen LogP contribution in [-0.4, -0.2) is 27.2 Å². The highest BCUT2D eigenvalue weighted by molar-refractivity contribution is 5.51. The van der Waals surface area contributed by atoms with Crippen LogP contribution in [0.4, 0.5) is 0 Å². The molecule has 0 amide bonds. The average molecular weight is 207 g/mol. The predicted molar refractivity (Wildman–Crippen MR) is 56.7 cm³/mol. The van der Waals surface area contributed by atoms with Crippen LogP contribution in [0.5, 0.6) is 11.5 Å². The van der Waals surface area contributed by atoms with Crippen molar-refractivity contribution in [2.75, 3.05) is 20.8 Å². The lowest BCUT2D eigenvalue weighted by atomic mass is 10.1. The highest BCUT2D eigenvalue weighted by atomic mass is 16.5. The van der Waals surface area contributed by atoms with Crippen LogP contribution in [0.2, 0.25) is 0 Å². The Balaban J connectivity index is 2.26. The second-order valence-corrected chi connectivity index (χ2v) is 3.21. The number of rotatable bonds is 3. The van der Waals surface area contributed by atoms with Crippen LogP contribution < -0.4 is 9.47 Å². The summed E-state index contributed by atoms with van der Waals surface area (Å²) >= 11 is 0. The lowest BCUT2D eigenvalue weighted by molar-refractivity contribution is 0.239. The Morgan fingerprint density at radius 3 is 2.67 bits per heavy atom. The molecule has 0 bridgehead atoms. The van der Waals surface area contributed by atoms with Crippen molar-refractivity contribution in [2.24, 2.45) is 4.99 Å². The molecule has 4 nitrogen and oxygen atoms in total. The van der Waals surface area contributed by atoms with Crippen molar-refractivity contribution in [2.45, 2.75) is 6.10 Å². The molecule has 4 heteroatoms. The predicted octanol–water partition coefficient (Wildman–Crippen LogP) is 1.80. The maximum Gasteiger partial charge on any atom is 0.170 e. The van der Waals surface area contributed by atoms with E-state index in [1.807, 2.05) is 18.2 Å². The molecule has 0 radical (unpaired) electrons. The zero-order valence-electron chi connectivity index (χ0n) is 8.77. The van der Waals surface area contributed by atoms with Crippen molar-refractivity contribution in [1.82, 2.24) is 0 Å². The van der Waals surface area contributed by atoms with Gasteiger partial charge in [0.25, 0.3) is 0 Å². The number of benzene rings is 1. The van der Waals surface area contributed by atoms with E-state index in [9.17, 15) is 0 Å². The first-order chi connectivity index (χ1) is 7.35. The van der Waals surface area contributed by atoms with Crippen molar-refractivity contribution in [3.8, 4) is 11.5 Å². The van der Waals surface area contributed by atoms with Gasteiger partial charge < -0.3 is 14.2 Å². The van der Waals surface area contributed by atoms with Crippen LogP contribution in [0.1, 0.15) is 11.7 Å². The largest absolute Gasteiger partial charge is 0.493 e. The number of nitrogens with zero attached hydrogens (tertiary/aromatic N) is 1. The summed E-state index contributed by atoms with van der Waals surface area (Å²) in [6, 6.07) is 5.74. The quantitative estimate of drug-likeness (QED) is 0.758. The maximum atomic E-state index is 5.32. The summed E-state index contributed by atoms with van der Waals surface area (Å²) in [5, 5.41) is 0. The fourth-order valence-electron chi connectivity index (χ4n) is 1.54. The molecule has 80 valence electrons. The molecule has 1 aromatic carbocycles. The average Bonchev–Trinajstić information content (AvgIpc) is 2.81. The maximum absolute atomic E-state index is 5.32. The second kappa shape index (κ2) is 4.21. The third-order valence-corrected chi connectivity index (χ3v) is 2.35. The minimum Gasteiger partial charge on any atom is -0.493 e. The lowest BCUT2D eigenvalue weighted by Gasteiger charge is -2.12. The number of hydrogen-bond donors (Lipinski definition) is 0. The van der Waals surface area contributed by atoms with Crippen molar-refractivity contribution in [1.29, 1.82) is 0 Å². The SMILES string of the molecule is COc1ccc([C@@H]2CN=CO2)cc1OC. The van der Waals surface area contributed by atoms with Crippen molar-refractivity contribution in [3.63, 3.8) is 0 Å². The van der Waals surface area contributed by atoms with Crippen molar-refractivity contribution >= 4 is 6.40 Å². The van der Waals surface area contributed by atoms with Gasteiger partial charge in [0, 0.05) is 0 Å². The smallest absolute Gasteiger partial charge is 0.170 e. The fourth-order valence-corrected chi connectivity index (χ4v) is 1.54. The molecule has 1 aliphatic rings. The van der Waals surface area contributed by atoms with Gasteiger partial charge in [0.2, 0.25) is 0 Å². The minimum absolute atomic E-state index is 0.00445. The molecule has 0 saturated carbocycles. The third-order valence-electron chi connectivity index (χ3n) is 2.35. The van der Waals surface area contributed by atoms with Gasteiger partial charge in [-0.3, -0.25) is 4.99 Å². The van der Waals surface area contributed by atoms with Gasteiger partial charge in [0.05, 0.1) is 20.8 Å². The molecule has 1 atom stereocenters. The minimum atomic E-state index is 0.00445. The molecule has 0 unspecified atom stereocenters. The number of methoxy groups -OCH3 is 2. The highest BCUT2D eigenvalue weighted by Crippen LogP contribution is 2.31. The van der Waals surface area contributed by atoms with Crippen LogP contribution in [0.3, 0.4) is 0 Å². The Kier molecular flexibility index (Phi) is 2.76. The van der Waals surface area contributed by atoms with E-state index in [4.69, 9.17) is 14.2 Å². The van der Waals surface area contributed by atoms with Crippen LogP contribution in [0.15, 0.2) is 23.2 Å². The van der Waals surface area contributed by atoms with E-state index < -0.39 is 0 Å². The molecule has 0 aromatic heterocycles. The standard InChI is InChI=1S/C11H13NO3/c1-13-9-4-3-8(5-10(9)14-2)11-6-12-7-15-11/h3-5,7,11H,6H2,1-2H3/t11-/m0/s1. The van der Waals surface area contributed by atoms with Gasteiger partial charge in [-0.05, 0) is 17.7 Å². The molecule has 1 heterocycles. The van der Waals surface area contributed by atoms with Gasteiger partial charge in [-0.1, -0.05) is 6.07 Å². The van der Waals surface area contributed by atoms with E-state index in [0.717, 1.165) is 11.3 Å². The monoisotopic (exact) mass is 207 g/mol. The van der Waals surface area contributed by atoms with Gasteiger partial charge in [0.15, 0.2) is 17.9 Å². The van der Waals surface area contributed by atoms with Gasteiger partial charge in [-0.25, -0.2) is 0 Å². The first-order valence-electron chi connectivity index (χ1n) is 4.71. The van der Waals surface area contributed by atoms with E-state index in [2.05, 4.69) is 4.99 Å². The lowest BCUT2D eigenvalue weighted by Crippen LogP contribution is -2.01. The number of aliphatic imine (C=N–C) groups is 1. The van der Waals surface area contributed by atoms with E-state index in [1.54, 1.807) is 14.2 Å². The van der Waals surface area contributed by atoms with Crippen molar-refractivity contribution < 1.29 is 14.2 Å². The summed E-state index contributed by atoms with van der Waals surface area (Å²) in [4.78, 5) is 4.02. The first kappa shape index (κ1) is 9.83. The second-order valence-electron chi connectivity index (χ2n) is 3.21. The van der Waals surface area contributed by atoms with E-state index >= 15 is 0 Å². The van der Waals surface area contributed by atoms with Crippen LogP contribution in [-0.2, 0) is 4.74 Å². The molecule has 0 fully saturated rings. The zero-order chi connectivity index (χ0) is 10.7. The van der Waals surface area contributed by atoms with Gasteiger partial charge in [-0.15, -0.1) is 0 Å². The third kappa shape index (κ3) is 1.88. The Morgan fingerprint density at radius 2 is 2.07 bits per heavy atom. The van der Waals surface area contributed by atoms with E-state index in [-0.39, 0.29) is 6.10 Å². The Labute approximate surface area is 88.5 Å². The fraction of sp³-hybridized carbons (Fsp3) is 0.364. The topological polar surface area (TPSA) is 40.0 Å². The molecule has 0 N–H and O–H groups in total. The summed E-state index contributed by atoms with van der Waals surface area (Å²) in [7, 11) is 3.24. The Morgan fingerprint density at radius 1 is 1.27 bits per heavy atom. The molecule has 2 rings (SSSR count). The van der Waals surface area contributed by atoms with Gasteiger partial charge >= 0.3 is 0 Å². The summed E-state index contributed by atoms with van der Waals surface area (Å²) in [6.45, 7) is 0.662. The van der Waals surface area contributed by atoms with Gasteiger partial charge in [0.1, 0.15) is 6.10 Å². The molecule has 1 aromatic rings. The molecular weight excluding hydrogens is 194 g/mol. The molecular formula is C11H13NO3. The zero-order valence-corrected chi connectivity index (χ0v) is 8.77. The Hall–Kier alpha value is -1.71. The van der Waals surface area contributed by atoms with Crippen LogP contribution in [0.25, 0.3) is 0 Å². The molecule has 0 saturated heterocycles. The Bertz CT molecular complexity index is 368. The van der Waals surface area contributed by atoms with Crippen LogP contribution >= 0.6 is 0 Å². The normalized spacial score (nSPS) is 18.7. The highest BCUT2D eigenvalue weighted by Gasteiger charge is 2.17. The summed E-state index contributed by atoms with van der Waals surface area (Å²) in [5.41, 5.74) is 1.05.